The number of pyridine rings is 1. The average Bonchev–Trinajstić information content (AvgIpc) is 3.60. The van der Waals surface area contributed by atoms with Crippen LogP contribution in [0.5, 0.6) is 0 Å². The molecule has 0 saturated heterocycles. The molecule has 0 aliphatic heterocycles. The van der Waals surface area contributed by atoms with Gasteiger partial charge in [-0.3, -0.25) is 9.78 Å². The summed E-state index contributed by atoms with van der Waals surface area (Å²) in [5.41, 5.74) is -0.219. The maximum absolute atomic E-state index is 14.4. The minimum absolute atomic E-state index is 0.00323. The van der Waals surface area contributed by atoms with E-state index in [9.17, 15) is 30.8 Å². The normalized spacial score (nSPS) is 21.7. The van der Waals surface area contributed by atoms with Crippen LogP contribution < -0.4 is 0 Å². The molecule has 2 atom stereocenters. The highest BCUT2D eigenvalue weighted by Gasteiger charge is 2.51. The molecule has 0 radical (unpaired) electrons. The van der Waals surface area contributed by atoms with Crippen LogP contribution in [0.15, 0.2) is 65.6 Å². The summed E-state index contributed by atoms with van der Waals surface area (Å²) in [5.74, 6) is -1.04. The van der Waals surface area contributed by atoms with Gasteiger partial charge in [0.25, 0.3) is 10.0 Å². The van der Waals surface area contributed by atoms with E-state index in [-0.39, 0.29) is 36.0 Å². The number of hydrogen-bond acceptors (Lipinski definition) is 7. The topological polar surface area (TPSA) is 116 Å². The molecule has 3 heterocycles. The van der Waals surface area contributed by atoms with E-state index in [0.717, 1.165) is 31.2 Å². The van der Waals surface area contributed by atoms with E-state index >= 15 is 0 Å². The number of hydrogen-bond donors (Lipinski definition) is 0. The Labute approximate surface area is 255 Å². The van der Waals surface area contributed by atoms with Crippen molar-refractivity contribution in [3.8, 4) is 5.69 Å². The maximum atomic E-state index is 14.4. The number of Topliss-reactive ketones (excluding diaryl/α,β-unsaturated/α-hetero) is 1. The summed E-state index contributed by atoms with van der Waals surface area (Å²) in [6.45, 7) is 0. The average molecular weight is 642 g/mol. The van der Waals surface area contributed by atoms with E-state index in [1.54, 1.807) is 29.1 Å². The third kappa shape index (κ3) is 5.07. The molecule has 10 nitrogen and oxygen atoms in total. The lowest BCUT2D eigenvalue weighted by Crippen LogP contribution is -2.49. The molecule has 0 N–H and O–H groups in total. The van der Waals surface area contributed by atoms with Crippen LogP contribution in [0, 0.1) is 11.2 Å². The molecular formula is C30H27F4N7O3S. The largest absolute Gasteiger partial charge is 0.416 e. The molecule has 15 heteroatoms. The first-order valence-corrected chi connectivity index (χ1v) is 15.8. The predicted molar refractivity (Wildman–Crippen MR) is 152 cm³/mol. The van der Waals surface area contributed by atoms with Crippen molar-refractivity contribution < 1.29 is 30.8 Å². The summed E-state index contributed by atoms with van der Waals surface area (Å²) < 4.78 is 84.7. The van der Waals surface area contributed by atoms with Gasteiger partial charge in [-0.25, -0.2) is 17.5 Å². The van der Waals surface area contributed by atoms with Gasteiger partial charge in [0.15, 0.2) is 5.78 Å². The summed E-state index contributed by atoms with van der Waals surface area (Å²) in [5, 5.41) is 12.6. The van der Waals surface area contributed by atoms with Crippen molar-refractivity contribution in [3.63, 3.8) is 0 Å². The lowest BCUT2D eigenvalue weighted by molar-refractivity contribution is -0.137. The van der Waals surface area contributed by atoms with E-state index in [1.165, 1.54) is 34.5 Å². The van der Waals surface area contributed by atoms with Crippen LogP contribution in [-0.4, -0.2) is 61.4 Å². The predicted octanol–water partition coefficient (Wildman–Crippen LogP) is 5.03. The van der Waals surface area contributed by atoms with Gasteiger partial charge < -0.3 is 0 Å². The quantitative estimate of drug-likeness (QED) is 0.205. The summed E-state index contributed by atoms with van der Waals surface area (Å²) in [6.07, 6.45) is 3.29. The molecule has 4 aromatic rings. The van der Waals surface area contributed by atoms with E-state index in [2.05, 4.69) is 20.3 Å². The van der Waals surface area contributed by atoms with Crippen molar-refractivity contribution in [2.75, 3.05) is 7.05 Å². The minimum atomic E-state index is -4.69. The minimum Gasteiger partial charge on any atom is -0.291 e. The zero-order valence-corrected chi connectivity index (χ0v) is 24.8. The number of benzene rings is 1. The number of carbonyl (C=O) groups excluding carboxylic acids is 1. The van der Waals surface area contributed by atoms with Crippen molar-refractivity contribution in [1.29, 1.82) is 0 Å². The first kappa shape index (κ1) is 29.5. The Balaban J connectivity index is 1.29. The number of carbonyl (C=O) groups is 1. The van der Waals surface area contributed by atoms with Gasteiger partial charge in [-0.1, -0.05) is 5.57 Å². The van der Waals surface area contributed by atoms with Crippen LogP contribution in [0.4, 0.5) is 17.6 Å². The Hall–Kier alpha value is -4.24. The molecule has 234 valence electrons. The lowest BCUT2D eigenvalue weighted by atomic mass is 9.60. The van der Waals surface area contributed by atoms with Gasteiger partial charge in [0, 0.05) is 19.3 Å². The number of rotatable bonds is 7. The highest BCUT2D eigenvalue weighted by atomic mass is 32.2. The van der Waals surface area contributed by atoms with Crippen LogP contribution >= 0.6 is 0 Å². The standard InChI is InChI=1S/C30H27F4N7O3S/c1-39(45(43,44)27-17-37-41(38-27)23-8-9-23)24-5-2-19-13-26-18(16-36-40(26)22-6-3-21(31)4-7-22)14-29(19,15-24)28(42)25-12-20(10-11-35-25)30(32,33)34/h3-4,6-7,10-13,16-17,23-24H,2,5,8-9,14-15H2,1H3/t24-,29-/m0/s1. The molecule has 1 aromatic carbocycles. The molecule has 2 saturated carbocycles. The van der Waals surface area contributed by atoms with Crippen molar-refractivity contribution in [2.45, 2.75) is 61.8 Å². The number of aromatic nitrogens is 6. The van der Waals surface area contributed by atoms with Crippen molar-refractivity contribution in [1.82, 2.24) is 34.1 Å². The van der Waals surface area contributed by atoms with Gasteiger partial charge >= 0.3 is 6.18 Å². The number of alkyl halides is 3. The van der Waals surface area contributed by atoms with Gasteiger partial charge in [0.05, 0.1) is 40.8 Å². The fourth-order valence-corrected chi connectivity index (χ4v) is 7.60. The van der Waals surface area contributed by atoms with Crippen LogP contribution in [0.1, 0.15) is 65.5 Å². The highest BCUT2D eigenvalue weighted by molar-refractivity contribution is 7.89. The van der Waals surface area contributed by atoms with Gasteiger partial charge in [-0.2, -0.15) is 32.5 Å². The SMILES string of the molecule is CN([C@H]1CCC2=Cc3c(cnn3-c3ccc(F)cc3)C[C@]2(C(=O)c2cc(C(F)(F)F)ccn2)C1)S(=O)(=O)c1cnn(C2CC2)n1. The fourth-order valence-electron chi connectivity index (χ4n) is 6.36. The molecule has 0 amide bonds. The Morgan fingerprint density at radius 1 is 1.07 bits per heavy atom. The van der Waals surface area contributed by atoms with Crippen LogP contribution in [0.25, 0.3) is 11.8 Å². The summed E-state index contributed by atoms with van der Waals surface area (Å²) in [7, 11) is -2.68. The number of ketones is 1. The van der Waals surface area contributed by atoms with E-state index in [1.807, 2.05) is 0 Å². The number of nitrogens with zero attached hydrogens (tertiary/aromatic N) is 7. The molecule has 0 spiro atoms. The van der Waals surface area contributed by atoms with Gasteiger partial charge in [-0.15, -0.1) is 5.10 Å². The Morgan fingerprint density at radius 2 is 1.82 bits per heavy atom. The zero-order chi connectivity index (χ0) is 31.7. The van der Waals surface area contributed by atoms with Gasteiger partial charge in [0.2, 0.25) is 5.03 Å². The fraction of sp³-hybridized carbons (Fsp3) is 0.367. The Morgan fingerprint density at radius 3 is 2.53 bits per heavy atom. The molecule has 0 bridgehead atoms. The summed E-state index contributed by atoms with van der Waals surface area (Å²) in [6, 6.07) is 6.68. The molecular weight excluding hydrogens is 614 g/mol. The zero-order valence-electron chi connectivity index (χ0n) is 23.9. The summed E-state index contributed by atoms with van der Waals surface area (Å²) in [4.78, 5) is 19.8. The summed E-state index contributed by atoms with van der Waals surface area (Å²) >= 11 is 0. The first-order valence-electron chi connectivity index (χ1n) is 14.4. The van der Waals surface area contributed by atoms with Crippen LogP contribution in [0.2, 0.25) is 0 Å². The third-order valence-corrected chi connectivity index (χ3v) is 10.8. The first-order chi connectivity index (χ1) is 21.4. The molecule has 3 aromatic heterocycles. The molecule has 2 fully saturated rings. The second kappa shape index (κ2) is 10.4. The molecule has 0 unspecified atom stereocenters. The van der Waals surface area contributed by atoms with Crippen LogP contribution in [-0.2, 0) is 22.6 Å². The number of allylic oxidation sites excluding steroid dienone is 1. The molecule has 7 rings (SSSR count). The van der Waals surface area contributed by atoms with Crippen molar-refractivity contribution in [3.05, 3.63) is 88.9 Å². The number of fused-ring (bicyclic) bond motifs is 2. The van der Waals surface area contributed by atoms with Crippen molar-refractivity contribution in [2.24, 2.45) is 5.41 Å². The van der Waals surface area contributed by atoms with Crippen LogP contribution in [0.3, 0.4) is 0 Å². The second-order valence-corrected chi connectivity index (χ2v) is 13.7. The van der Waals surface area contributed by atoms with Crippen molar-refractivity contribution >= 4 is 21.9 Å². The van der Waals surface area contributed by atoms with Gasteiger partial charge in [0.1, 0.15) is 11.5 Å². The van der Waals surface area contributed by atoms with E-state index < -0.39 is 44.8 Å². The lowest BCUT2D eigenvalue weighted by Gasteiger charge is -2.45. The second-order valence-electron chi connectivity index (χ2n) is 11.8. The Bertz CT molecular complexity index is 1950. The number of halogens is 4. The van der Waals surface area contributed by atoms with E-state index in [0.29, 0.717) is 28.9 Å². The monoisotopic (exact) mass is 641 g/mol. The third-order valence-electron chi connectivity index (χ3n) is 8.98. The molecule has 45 heavy (non-hydrogen) atoms. The molecule has 3 aliphatic carbocycles. The smallest absolute Gasteiger partial charge is 0.291 e. The molecule has 3 aliphatic rings. The van der Waals surface area contributed by atoms with Gasteiger partial charge in [-0.05, 0) is 86.6 Å². The highest BCUT2D eigenvalue weighted by Crippen LogP contribution is 2.51. The number of sulfonamides is 1. The van der Waals surface area contributed by atoms with E-state index in [4.69, 9.17) is 0 Å². The Kier molecular flexibility index (Phi) is 6.82. The maximum Gasteiger partial charge on any atom is 0.416 e.